The number of halogens is 2. The highest BCUT2D eigenvalue weighted by molar-refractivity contribution is 5.73. The summed E-state index contributed by atoms with van der Waals surface area (Å²) in [5.74, 6) is -2.51. The van der Waals surface area contributed by atoms with Gasteiger partial charge in [0.05, 0.1) is 12.0 Å². The number of carbonyl (C=O) groups is 1. The van der Waals surface area contributed by atoms with E-state index in [-0.39, 0.29) is 12.4 Å². The number of carboxylic acids is 1. The first-order valence-corrected chi connectivity index (χ1v) is 5.64. The minimum Gasteiger partial charge on any atom is -0.493 e. The lowest BCUT2D eigenvalue weighted by molar-refractivity contribution is -0.147. The van der Waals surface area contributed by atoms with Gasteiger partial charge in [-0.2, -0.15) is 0 Å². The summed E-state index contributed by atoms with van der Waals surface area (Å²) in [5, 5.41) is 8.89. The Kier molecular flexibility index (Phi) is 4.64. The molecule has 18 heavy (non-hydrogen) atoms. The van der Waals surface area contributed by atoms with Crippen molar-refractivity contribution in [3.05, 3.63) is 29.8 Å². The summed E-state index contributed by atoms with van der Waals surface area (Å²) < 4.78 is 30.7. The number of aliphatic carboxylic acids is 1. The van der Waals surface area contributed by atoms with Crippen LogP contribution in [0, 0.1) is 17.0 Å². The van der Waals surface area contributed by atoms with Gasteiger partial charge in [-0.1, -0.05) is 0 Å². The lowest BCUT2D eigenvalue weighted by atomic mass is 9.88. The van der Waals surface area contributed by atoms with Crippen molar-refractivity contribution in [1.82, 2.24) is 0 Å². The summed E-state index contributed by atoms with van der Waals surface area (Å²) in [7, 11) is 0. The van der Waals surface area contributed by atoms with Gasteiger partial charge in [-0.25, -0.2) is 8.78 Å². The Morgan fingerprint density at radius 3 is 2.56 bits per heavy atom. The first kappa shape index (κ1) is 14.4. The van der Waals surface area contributed by atoms with Gasteiger partial charge in [-0.15, -0.1) is 0 Å². The average molecular weight is 258 g/mol. The van der Waals surface area contributed by atoms with Crippen molar-refractivity contribution in [2.75, 3.05) is 6.61 Å². The largest absolute Gasteiger partial charge is 0.493 e. The van der Waals surface area contributed by atoms with Crippen molar-refractivity contribution in [2.45, 2.75) is 26.7 Å². The van der Waals surface area contributed by atoms with Gasteiger partial charge in [0, 0.05) is 6.07 Å². The first-order valence-electron chi connectivity index (χ1n) is 5.64. The molecule has 3 nitrogen and oxygen atoms in total. The molecular weight excluding hydrogens is 242 g/mol. The van der Waals surface area contributed by atoms with Crippen molar-refractivity contribution in [3.8, 4) is 5.75 Å². The molecular formula is C13H16F2O3. The minimum absolute atomic E-state index is 0.238. The highest BCUT2D eigenvalue weighted by Crippen LogP contribution is 2.23. The summed E-state index contributed by atoms with van der Waals surface area (Å²) >= 11 is 0. The van der Waals surface area contributed by atoms with Crippen LogP contribution in [0.15, 0.2) is 18.2 Å². The van der Waals surface area contributed by atoms with Crippen molar-refractivity contribution in [3.63, 3.8) is 0 Å². The SMILES string of the molecule is CC(C)(CCCOc1ccc(F)c(F)c1)C(=O)O. The van der Waals surface area contributed by atoms with Crippen LogP contribution in [0.25, 0.3) is 0 Å². The van der Waals surface area contributed by atoms with Crippen LogP contribution < -0.4 is 4.74 Å². The van der Waals surface area contributed by atoms with Gasteiger partial charge in [-0.3, -0.25) is 4.79 Å². The normalized spacial score (nSPS) is 11.3. The van der Waals surface area contributed by atoms with Gasteiger partial charge < -0.3 is 9.84 Å². The fourth-order valence-electron chi connectivity index (χ4n) is 1.38. The topological polar surface area (TPSA) is 46.5 Å². The molecule has 0 spiro atoms. The van der Waals surface area contributed by atoms with Crippen LogP contribution in [0.4, 0.5) is 8.78 Å². The highest BCUT2D eigenvalue weighted by Gasteiger charge is 2.26. The monoisotopic (exact) mass is 258 g/mol. The van der Waals surface area contributed by atoms with Crippen LogP contribution in [-0.2, 0) is 4.79 Å². The van der Waals surface area contributed by atoms with E-state index in [1.807, 2.05) is 0 Å². The molecule has 0 unspecified atom stereocenters. The van der Waals surface area contributed by atoms with E-state index in [4.69, 9.17) is 9.84 Å². The maximum atomic E-state index is 12.9. The van der Waals surface area contributed by atoms with Crippen LogP contribution in [0.1, 0.15) is 26.7 Å². The lowest BCUT2D eigenvalue weighted by Gasteiger charge is -2.18. The van der Waals surface area contributed by atoms with Crippen LogP contribution in [0.2, 0.25) is 0 Å². The molecule has 0 radical (unpaired) electrons. The zero-order valence-corrected chi connectivity index (χ0v) is 10.4. The first-order chi connectivity index (χ1) is 8.33. The zero-order chi connectivity index (χ0) is 13.8. The van der Waals surface area contributed by atoms with E-state index in [1.54, 1.807) is 13.8 Å². The summed E-state index contributed by atoms with van der Waals surface area (Å²) in [6.07, 6.45) is 0.976. The predicted octanol–water partition coefficient (Wildman–Crippen LogP) is 3.23. The quantitative estimate of drug-likeness (QED) is 0.797. The number of hydrogen-bond acceptors (Lipinski definition) is 2. The minimum atomic E-state index is -0.960. The Bertz CT molecular complexity index is 430. The Hall–Kier alpha value is -1.65. The molecule has 0 saturated carbocycles. The third-order valence-corrected chi connectivity index (χ3v) is 2.68. The molecule has 0 atom stereocenters. The van der Waals surface area contributed by atoms with E-state index in [9.17, 15) is 13.6 Å². The van der Waals surface area contributed by atoms with Gasteiger partial charge in [-0.05, 0) is 38.8 Å². The Morgan fingerprint density at radius 1 is 1.33 bits per heavy atom. The summed E-state index contributed by atoms with van der Waals surface area (Å²) in [5.41, 5.74) is -0.808. The van der Waals surface area contributed by atoms with E-state index >= 15 is 0 Å². The van der Waals surface area contributed by atoms with Crippen LogP contribution in [-0.4, -0.2) is 17.7 Å². The van der Waals surface area contributed by atoms with Crippen molar-refractivity contribution in [1.29, 1.82) is 0 Å². The fourth-order valence-corrected chi connectivity index (χ4v) is 1.38. The lowest BCUT2D eigenvalue weighted by Crippen LogP contribution is -2.24. The smallest absolute Gasteiger partial charge is 0.309 e. The highest BCUT2D eigenvalue weighted by atomic mass is 19.2. The number of rotatable bonds is 6. The van der Waals surface area contributed by atoms with E-state index in [0.29, 0.717) is 12.8 Å². The standard InChI is InChI=1S/C13H16F2O3/c1-13(2,12(16)17)6-3-7-18-9-4-5-10(14)11(15)8-9/h4-5,8H,3,6-7H2,1-2H3,(H,16,17). The number of ether oxygens (including phenoxy) is 1. The molecule has 0 bridgehead atoms. The van der Waals surface area contributed by atoms with Gasteiger partial charge in [0.15, 0.2) is 11.6 Å². The third kappa shape index (κ3) is 3.98. The Morgan fingerprint density at radius 2 is 2.00 bits per heavy atom. The van der Waals surface area contributed by atoms with E-state index < -0.39 is 23.0 Å². The summed E-state index contributed by atoms with van der Waals surface area (Å²) in [4.78, 5) is 10.8. The average Bonchev–Trinajstić information content (AvgIpc) is 2.29. The molecule has 0 aliphatic carbocycles. The Balaban J connectivity index is 2.38. The molecule has 1 aromatic rings. The second-order valence-corrected chi connectivity index (χ2v) is 4.72. The molecule has 0 aliphatic heterocycles. The van der Waals surface area contributed by atoms with E-state index in [1.165, 1.54) is 6.07 Å². The predicted molar refractivity (Wildman–Crippen MR) is 62.5 cm³/mol. The second kappa shape index (κ2) is 5.80. The molecule has 100 valence electrons. The second-order valence-electron chi connectivity index (χ2n) is 4.72. The molecule has 5 heteroatoms. The molecule has 1 aromatic carbocycles. The molecule has 0 fully saturated rings. The molecule has 0 heterocycles. The number of carboxylic acid groups (broad SMARTS) is 1. The van der Waals surface area contributed by atoms with Crippen LogP contribution in [0.3, 0.4) is 0 Å². The van der Waals surface area contributed by atoms with Crippen molar-refractivity contribution in [2.24, 2.45) is 5.41 Å². The number of benzene rings is 1. The zero-order valence-electron chi connectivity index (χ0n) is 10.4. The van der Waals surface area contributed by atoms with Crippen molar-refractivity contribution >= 4 is 5.97 Å². The maximum absolute atomic E-state index is 12.9. The van der Waals surface area contributed by atoms with Crippen LogP contribution in [0.5, 0.6) is 5.75 Å². The molecule has 0 aromatic heterocycles. The molecule has 1 N–H and O–H groups in total. The molecule has 0 saturated heterocycles. The van der Waals surface area contributed by atoms with Gasteiger partial charge in [0.25, 0.3) is 0 Å². The molecule has 1 rings (SSSR count). The van der Waals surface area contributed by atoms with Gasteiger partial charge >= 0.3 is 5.97 Å². The maximum Gasteiger partial charge on any atom is 0.309 e. The van der Waals surface area contributed by atoms with Gasteiger partial charge in [0.1, 0.15) is 5.75 Å². The van der Waals surface area contributed by atoms with E-state index in [0.717, 1.165) is 12.1 Å². The molecule has 0 amide bonds. The Labute approximate surface area is 104 Å². The number of hydrogen-bond donors (Lipinski definition) is 1. The van der Waals surface area contributed by atoms with Crippen molar-refractivity contribution < 1.29 is 23.4 Å². The molecule has 0 aliphatic rings. The fraction of sp³-hybridized carbons (Fsp3) is 0.462. The third-order valence-electron chi connectivity index (χ3n) is 2.68. The van der Waals surface area contributed by atoms with Gasteiger partial charge in [0.2, 0.25) is 0 Å². The summed E-state index contributed by atoms with van der Waals surface area (Å²) in [6.45, 7) is 3.53. The summed E-state index contributed by atoms with van der Waals surface area (Å²) in [6, 6.07) is 3.30. The van der Waals surface area contributed by atoms with Crippen LogP contribution >= 0.6 is 0 Å². The van der Waals surface area contributed by atoms with E-state index in [2.05, 4.69) is 0 Å².